The number of pyridine rings is 1. The van der Waals surface area contributed by atoms with Gasteiger partial charge in [0.2, 0.25) is 0 Å². The van der Waals surface area contributed by atoms with E-state index in [1.54, 1.807) is 37.1 Å². The van der Waals surface area contributed by atoms with Crippen LogP contribution in [0, 0.1) is 5.41 Å². The minimum atomic E-state index is -1.33. The molecular formula is C29H33Cl2FN2O3S. The van der Waals surface area contributed by atoms with E-state index >= 15 is 4.39 Å². The Morgan fingerprint density at radius 2 is 2.03 bits per heavy atom. The molecule has 1 N–H and O–H groups in total. The number of rotatable bonds is 12. The van der Waals surface area contributed by atoms with Gasteiger partial charge in [0.25, 0.3) is 0 Å². The van der Waals surface area contributed by atoms with Gasteiger partial charge in [-0.3, -0.25) is 9.78 Å². The SMILES string of the molecule is COc1ccc2ncc(Cl)c([C@@H](F)CCC3(CC(=O)O)CCN(CCCSc4cccc(Cl)c4)CC3)c2c1. The van der Waals surface area contributed by atoms with Gasteiger partial charge < -0.3 is 14.7 Å². The maximum Gasteiger partial charge on any atom is 0.303 e. The van der Waals surface area contributed by atoms with E-state index in [-0.39, 0.29) is 17.9 Å². The van der Waals surface area contributed by atoms with E-state index in [2.05, 4.69) is 16.0 Å². The van der Waals surface area contributed by atoms with Gasteiger partial charge in [-0.15, -0.1) is 11.8 Å². The van der Waals surface area contributed by atoms with Crippen LogP contribution >= 0.6 is 35.0 Å². The Morgan fingerprint density at radius 1 is 1.24 bits per heavy atom. The number of alkyl halides is 1. The molecule has 0 unspecified atom stereocenters. The number of benzene rings is 2. The van der Waals surface area contributed by atoms with E-state index in [0.29, 0.717) is 28.6 Å². The number of thioether (sulfide) groups is 1. The second kappa shape index (κ2) is 13.3. The molecule has 0 bridgehead atoms. The van der Waals surface area contributed by atoms with Gasteiger partial charge in [0, 0.05) is 27.1 Å². The van der Waals surface area contributed by atoms with Crippen molar-refractivity contribution in [3.05, 3.63) is 64.3 Å². The summed E-state index contributed by atoms with van der Waals surface area (Å²) >= 11 is 14.3. The van der Waals surface area contributed by atoms with Gasteiger partial charge in [-0.1, -0.05) is 29.3 Å². The molecule has 2 heterocycles. The third-order valence-electron chi connectivity index (χ3n) is 7.44. The van der Waals surface area contributed by atoms with Crippen molar-refractivity contribution < 1.29 is 19.0 Å². The summed E-state index contributed by atoms with van der Waals surface area (Å²) in [5, 5.41) is 11.3. The highest BCUT2D eigenvalue weighted by atomic mass is 35.5. The number of methoxy groups -OCH3 is 1. The molecule has 0 aliphatic carbocycles. The highest BCUT2D eigenvalue weighted by molar-refractivity contribution is 7.99. The number of hydrogen-bond donors (Lipinski definition) is 1. The summed E-state index contributed by atoms with van der Waals surface area (Å²) in [5.74, 6) is 0.770. The Labute approximate surface area is 237 Å². The lowest BCUT2D eigenvalue weighted by Gasteiger charge is -2.41. The maximum absolute atomic E-state index is 15.7. The standard InChI is InChI=1S/C29H33Cl2FN2O3S/c1-37-21-6-7-26-23(17-21)28(24(31)19-33-26)25(32)8-9-29(18-27(35)36)10-13-34(14-11-29)12-3-15-38-22-5-2-4-20(30)16-22/h2,4-7,16-17,19,25H,3,8-15,18H2,1H3,(H,35,36)/t25-/m0/s1. The fourth-order valence-electron chi connectivity index (χ4n) is 5.31. The fourth-order valence-corrected chi connectivity index (χ4v) is 6.73. The molecular weight excluding hydrogens is 546 g/mol. The van der Waals surface area contributed by atoms with Crippen LogP contribution in [0.3, 0.4) is 0 Å². The number of halogens is 3. The number of piperidine rings is 1. The zero-order valence-corrected chi connectivity index (χ0v) is 23.8. The third kappa shape index (κ3) is 7.53. The summed E-state index contributed by atoms with van der Waals surface area (Å²) in [7, 11) is 1.56. The summed E-state index contributed by atoms with van der Waals surface area (Å²) in [6.45, 7) is 2.60. The van der Waals surface area contributed by atoms with Crippen LogP contribution in [0.5, 0.6) is 5.75 Å². The molecule has 1 atom stereocenters. The first-order chi connectivity index (χ1) is 18.3. The number of carbonyl (C=O) groups is 1. The van der Waals surface area contributed by atoms with Crippen molar-refractivity contribution >= 4 is 51.8 Å². The Morgan fingerprint density at radius 3 is 2.74 bits per heavy atom. The van der Waals surface area contributed by atoms with E-state index in [4.69, 9.17) is 27.9 Å². The summed E-state index contributed by atoms with van der Waals surface area (Å²) in [6, 6.07) is 13.2. The van der Waals surface area contributed by atoms with E-state index < -0.39 is 17.6 Å². The summed E-state index contributed by atoms with van der Waals surface area (Å²) in [6.07, 6.45) is 3.42. The molecule has 1 aromatic heterocycles. The van der Waals surface area contributed by atoms with Crippen molar-refractivity contribution in [3.63, 3.8) is 0 Å². The number of aliphatic carboxylic acids is 1. The molecule has 9 heteroatoms. The molecule has 2 aromatic carbocycles. The number of nitrogens with zero attached hydrogens (tertiary/aromatic N) is 2. The van der Waals surface area contributed by atoms with Gasteiger partial charge in [0.05, 0.1) is 24.1 Å². The maximum atomic E-state index is 15.7. The van der Waals surface area contributed by atoms with Crippen LogP contribution in [-0.4, -0.2) is 53.5 Å². The molecule has 0 amide bonds. The number of aromatic nitrogens is 1. The predicted octanol–water partition coefficient (Wildman–Crippen LogP) is 8.08. The molecule has 1 aliphatic rings. The zero-order valence-electron chi connectivity index (χ0n) is 21.5. The average molecular weight is 580 g/mol. The second-order valence-corrected chi connectivity index (χ2v) is 12.0. The first-order valence-electron chi connectivity index (χ1n) is 12.9. The van der Waals surface area contributed by atoms with Crippen molar-refractivity contribution in [1.82, 2.24) is 9.88 Å². The van der Waals surface area contributed by atoms with Crippen molar-refractivity contribution in [1.29, 1.82) is 0 Å². The van der Waals surface area contributed by atoms with Crippen LogP contribution in [0.25, 0.3) is 10.9 Å². The van der Waals surface area contributed by atoms with Crippen LogP contribution in [0.2, 0.25) is 10.0 Å². The zero-order chi connectivity index (χ0) is 27.1. The monoisotopic (exact) mass is 578 g/mol. The molecule has 38 heavy (non-hydrogen) atoms. The van der Waals surface area contributed by atoms with Crippen molar-refractivity contribution in [2.75, 3.05) is 32.5 Å². The predicted molar refractivity (Wildman–Crippen MR) is 154 cm³/mol. The largest absolute Gasteiger partial charge is 0.497 e. The lowest BCUT2D eigenvalue weighted by atomic mass is 9.71. The average Bonchev–Trinajstić information content (AvgIpc) is 2.90. The van der Waals surface area contributed by atoms with Crippen LogP contribution in [0.15, 0.2) is 53.6 Å². The van der Waals surface area contributed by atoms with E-state index in [9.17, 15) is 9.90 Å². The van der Waals surface area contributed by atoms with Gasteiger partial charge in [-0.25, -0.2) is 4.39 Å². The Hall–Kier alpha value is -2.06. The molecule has 1 aliphatic heterocycles. The minimum Gasteiger partial charge on any atom is -0.497 e. The summed E-state index contributed by atoms with van der Waals surface area (Å²) in [4.78, 5) is 19.7. The lowest BCUT2D eigenvalue weighted by molar-refractivity contribution is -0.141. The first-order valence-corrected chi connectivity index (χ1v) is 14.6. The van der Waals surface area contributed by atoms with Crippen LogP contribution in [0.1, 0.15) is 50.3 Å². The molecule has 3 aromatic rings. The summed E-state index contributed by atoms with van der Waals surface area (Å²) < 4.78 is 21.1. The quantitative estimate of drug-likeness (QED) is 0.173. The Balaban J connectivity index is 1.35. The summed E-state index contributed by atoms with van der Waals surface area (Å²) in [5.41, 5.74) is 0.625. The van der Waals surface area contributed by atoms with Gasteiger partial charge in [0.1, 0.15) is 11.9 Å². The van der Waals surface area contributed by atoms with Gasteiger partial charge >= 0.3 is 5.97 Å². The molecule has 5 nitrogen and oxygen atoms in total. The lowest BCUT2D eigenvalue weighted by Crippen LogP contribution is -2.41. The van der Waals surface area contributed by atoms with Gasteiger partial charge in [-0.2, -0.15) is 0 Å². The molecule has 1 saturated heterocycles. The molecule has 4 rings (SSSR count). The smallest absolute Gasteiger partial charge is 0.303 e. The second-order valence-electron chi connectivity index (χ2n) is 9.98. The van der Waals surface area contributed by atoms with E-state index in [0.717, 1.165) is 54.6 Å². The fraction of sp³-hybridized carbons (Fsp3) is 0.448. The van der Waals surface area contributed by atoms with Crippen molar-refractivity contribution in [2.45, 2.75) is 49.6 Å². The van der Waals surface area contributed by atoms with E-state index in [1.165, 1.54) is 6.20 Å². The van der Waals surface area contributed by atoms with Gasteiger partial charge in [0.15, 0.2) is 0 Å². The van der Waals surface area contributed by atoms with Crippen LogP contribution in [-0.2, 0) is 4.79 Å². The number of carboxylic acid groups (broad SMARTS) is 1. The molecule has 0 spiro atoms. The number of fused-ring (bicyclic) bond motifs is 1. The third-order valence-corrected chi connectivity index (χ3v) is 9.05. The van der Waals surface area contributed by atoms with Crippen LogP contribution < -0.4 is 4.74 Å². The van der Waals surface area contributed by atoms with Crippen molar-refractivity contribution in [2.24, 2.45) is 5.41 Å². The number of hydrogen-bond acceptors (Lipinski definition) is 5. The normalized spacial score (nSPS) is 16.4. The Kier molecular flexibility index (Phi) is 10.2. The topological polar surface area (TPSA) is 62.7 Å². The number of carboxylic acids is 1. The molecule has 1 fully saturated rings. The van der Waals surface area contributed by atoms with Gasteiger partial charge in [-0.05, 0) is 99.3 Å². The van der Waals surface area contributed by atoms with Crippen LogP contribution in [0.4, 0.5) is 4.39 Å². The minimum absolute atomic E-state index is 0.0524. The van der Waals surface area contributed by atoms with Crippen molar-refractivity contribution in [3.8, 4) is 5.75 Å². The number of ether oxygens (including phenoxy) is 1. The highest BCUT2D eigenvalue weighted by Crippen LogP contribution is 2.44. The highest BCUT2D eigenvalue weighted by Gasteiger charge is 2.37. The number of likely N-dealkylation sites (tertiary alicyclic amines) is 1. The molecule has 204 valence electrons. The molecule has 0 saturated carbocycles. The first kappa shape index (κ1) is 28.9. The van der Waals surface area contributed by atoms with E-state index in [1.807, 2.05) is 18.2 Å². The molecule has 0 radical (unpaired) electrons. The Bertz CT molecular complexity index is 1250.